The van der Waals surface area contributed by atoms with E-state index in [-0.39, 0.29) is 18.4 Å². The van der Waals surface area contributed by atoms with Crippen molar-refractivity contribution in [2.75, 3.05) is 23.9 Å². The average molecular weight is 368 g/mol. The Hall–Kier alpha value is -3.02. The lowest BCUT2D eigenvalue weighted by atomic mass is 10.0. The molecule has 1 atom stereocenters. The van der Waals surface area contributed by atoms with Crippen LogP contribution in [0.25, 0.3) is 0 Å². The molecule has 0 saturated carbocycles. The molecule has 0 radical (unpaired) electrons. The van der Waals surface area contributed by atoms with Gasteiger partial charge < -0.3 is 19.7 Å². The van der Waals surface area contributed by atoms with Crippen LogP contribution in [0.2, 0.25) is 0 Å². The molecule has 2 amide bonds. The number of benzene rings is 2. The minimum atomic E-state index is -0.515. The molecule has 0 aromatic heterocycles. The second-order valence-corrected chi connectivity index (χ2v) is 6.90. The molecule has 2 aromatic carbocycles. The molecule has 0 spiro atoms. The molecule has 27 heavy (non-hydrogen) atoms. The van der Waals surface area contributed by atoms with Crippen molar-refractivity contribution in [2.45, 2.75) is 32.8 Å². The maximum Gasteiger partial charge on any atom is 0.267 e. The van der Waals surface area contributed by atoms with Crippen LogP contribution in [-0.4, -0.2) is 31.6 Å². The number of nitrogens with zero attached hydrogens (tertiary/aromatic N) is 1. The lowest BCUT2D eigenvalue weighted by molar-refractivity contribution is -0.125. The number of likely N-dealkylation sites (N-methyl/N-ethyl adjacent to an activating group) is 1. The lowest BCUT2D eigenvalue weighted by Gasteiger charge is -2.30. The topological polar surface area (TPSA) is 67.9 Å². The van der Waals surface area contributed by atoms with Gasteiger partial charge in [-0.15, -0.1) is 0 Å². The van der Waals surface area contributed by atoms with E-state index in [4.69, 9.17) is 9.47 Å². The van der Waals surface area contributed by atoms with Crippen molar-refractivity contribution in [2.24, 2.45) is 0 Å². The summed E-state index contributed by atoms with van der Waals surface area (Å²) in [6.45, 7) is 5.86. The molecule has 2 aromatic rings. The fraction of sp³-hybridized carbons (Fsp3) is 0.333. The van der Waals surface area contributed by atoms with E-state index in [1.807, 2.05) is 24.3 Å². The maximum absolute atomic E-state index is 12.2. The van der Waals surface area contributed by atoms with Crippen molar-refractivity contribution in [1.29, 1.82) is 0 Å². The number of rotatable bonds is 5. The summed E-state index contributed by atoms with van der Waals surface area (Å²) in [4.78, 5) is 25.8. The Morgan fingerprint density at radius 1 is 1.22 bits per heavy atom. The van der Waals surface area contributed by atoms with Crippen LogP contribution < -0.4 is 19.7 Å². The van der Waals surface area contributed by atoms with Gasteiger partial charge in [-0.05, 0) is 48.7 Å². The number of amides is 2. The van der Waals surface area contributed by atoms with Gasteiger partial charge in [0.25, 0.3) is 11.8 Å². The SMILES string of the molecule is CC(C)c1ccc(OCC(=O)Nc2ccc3c(c2)N(C)C(=O)[C@H](C)O3)cc1. The normalized spacial score (nSPS) is 16.0. The van der Waals surface area contributed by atoms with Crippen LogP contribution in [0.3, 0.4) is 0 Å². The Morgan fingerprint density at radius 2 is 1.93 bits per heavy atom. The third-order valence-electron chi connectivity index (χ3n) is 4.50. The predicted octanol–water partition coefficient (Wildman–Crippen LogP) is 3.57. The van der Waals surface area contributed by atoms with Crippen molar-refractivity contribution < 1.29 is 19.1 Å². The van der Waals surface area contributed by atoms with E-state index in [1.54, 1.807) is 32.2 Å². The second kappa shape index (κ2) is 7.70. The Kier molecular flexibility index (Phi) is 5.35. The molecular formula is C21H24N2O4. The summed E-state index contributed by atoms with van der Waals surface area (Å²) in [5, 5.41) is 2.78. The zero-order valence-corrected chi connectivity index (χ0v) is 16.0. The molecule has 0 unspecified atom stereocenters. The molecule has 0 fully saturated rings. The van der Waals surface area contributed by atoms with E-state index >= 15 is 0 Å². The molecule has 1 aliphatic rings. The van der Waals surface area contributed by atoms with Crippen molar-refractivity contribution in [3.8, 4) is 11.5 Å². The van der Waals surface area contributed by atoms with Crippen LogP contribution in [-0.2, 0) is 9.59 Å². The van der Waals surface area contributed by atoms with Crippen molar-refractivity contribution in [3.05, 3.63) is 48.0 Å². The van der Waals surface area contributed by atoms with Gasteiger partial charge in [0, 0.05) is 12.7 Å². The summed E-state index contributed by atoms with van der Waals surface area (Å²) < 4.78 is 11.1. The van der Waals surface area contributed by atoms with Crippen molar-refractivity contribution >= 4 is 23.2 Å². The highest BCUT2D eigenvalue weighted by Gasteiger charge is 2.29. The van der Waals surface area contributed by atoms with Gasteiger partial charge in [-0.2, -0.15) is 0 Å². The van der Waals surface area contributed by atoms with Crippen molar-refractivity contribution in [3.63, 3.8) is 0 Å². The van der Waals surface area contributed by atoms with E-state index in [9.17, 15) is 9.59 Å². The number of ether oxygens (including phenoxy) is 2. The number of nitrogens with one attached hydrogen (secondary N) is 1. The highest BCUT2D eigenvalue weighted by molar-refractivity contribution is 6.00. The lowest BCUT2D eigenvalue weighted by Crippen LogP contribution is -2.42. The third-order valence-corrected chi connectivity index (χ3v) is 4.50. The molecule has 0 bridgehead atoms. The quantitative estimate of drug-likeness (QED) is 0.876. The minimum absolute atomic E-state index is 0.0968. The molecule has 142 valence electrons. The molecular weight excluding hydrogens is 344 g/mol. The molecule has 1 aliphatic heterocycles. The summed E-state index contributed by atoms with van der Waals surface area (Å²) in [5.41, 5.74) is 2.42. The number of carbonyl (C=O) groups excluding carboxylic acids is 2. The fourth-order valence-corrected chi connectivity index (χ4v) is 2.88. The van der Waals surface area contributed by atoms with Gasteiger partial charge in [-0.1, -0.05) is 26.0 Å². The molecule has 6 heteroatoms. The fourth-order valence-electron chi connectivity index (χ4n) is 2.88. The van der Waals surface area contributed by atoms with Gasteiger partial charge in [-0.3, -0.25) is 9.59 Å². The summed E-state index contributed by atoms with van der Waals surface area (Å²) >= 11 is 0. The molecule has 3 rings (SSSR count). The molecule has 0 saturated heterocycles. The highest BCUT2D eigenvalue weighted by atomic mass is 16.5. The second-order valence-electron chi connectivity index (χ2n) is 6.90. The number of carbonyl (C=O) groups is 2. The monoisotopic (exact) mass is 368 g/mol. The van der Waals surface area contributed by atoms with E-state index in [0.717, 1.165) is 0 Å². The van der Waals surface area contributed by atoms with E-state index in [2.05, 4.69) is 19.2 Å². The Morgan fingerprint density at radius 3 is 2.59 bits per heavy atom. The van der Waals surface area contributed by atoms with Gasteiger partial charge in [-0.25, -0.2) is 0 Å². The smallest absolute Gasteiger partial charge is 0.267 e. The largest absolute Gasteiger partial charge is 0.484 e. The summed E-state index contributed by atoms with van der Waals surface area (Å²) in [6, 6.07) is 12.9. The summed E-state index contributed by atoms with van der Waals surface area (Å²) in [7, 11) is 1.69. The van der Waals surface area contributed by atoms with Crippen LogP contribution in [0.4, 0.5) is 11.4 Å². The third kappa shape index (κ3) is 4.22. The average Bonchev–Trinajstić information content (AvgIpc) is 2.65. The van der Waals surface area contributed by atoms with Gasteiger partial charge in [0.15, 0.2) is 12.7 Å². The molecule has 1 heterocycles. The van der Waals surface area contributed by atoms with Gasteiger partial charge in [0.1, 0.15) is 11.5 Å². The first-order chi connectivity index (χ1) is 12.8. The molecule has 1 N–H and O–H groups in total. The Bertz CT molecular complexity index is 846. The van der Waals surface area contributed by atoms with E-state index < -0.39 is 6.10 Å². The van der Waals surface area contributed by atoms with Crippen molar-refractivity contribution in [1.82, 2.24) is 0 Å². The van der Waals surface area contributed by atoms with E-state index in [0.29, 0.717) is 28.8 Å². The van der Waals surface area contributed by atoms with Gasteiger partial charge in [0.2, 0.25) is 0 Å². The number of hydrogen-bond donors (Lipinski definition) is 1. The zero-order valence-electron chi connectivity index (χ0n) is 16.0. The Balaban J connectivity index is 1.60. The Labute approximate surface area is 159 Å². The van der Waals surface area contributed by atoms with Crippen LogP contribution >= 0.6 is 0 Å². The first-order valence-electron chi connectivity index (χ1n) is 8.96. The maximum atomic E-state index is 12.2. The van der Waals surface area contributed by atoms with Crippen LogP contribution in [0.15, 0.2) is 42.5 Å². The zero-order chi connectivity index (χ0) is 19.6. The number of hydrogen-bond acceptors (Lipinski definition) is 4. The molecule has 0 aliphatic carbocycles. The summed E-state index contributed by atoms with van der Waals surface area (Å²) in [6.07, 6.45) is -0.515. The van der Waals surface area contributed by atoms with Gasteiger partial charge >= 0.3 is 0 Å². The van der Waals surface area contributed by atoms with Crippen LogP contribution in [0.1, 0.15) is 32.3 Å². The minimum Gasteiger partial charge on any atom is -0.484 e. The number of fused-ring (bicyclic) bond motifs is 1. The first kappa shape index (κ1) is 18.8. The standard InChI is InChI=1S/C21H24N2O4/c1-13(2)15-5-8-17(9-6-15)26-12-20(24)22-16-7-10-19-18(11-16)23(4)21(25)14(3)27-19/h5-11,13-14H,12H2,1-4H3,(H,22,24)/t14-/m0/s1. The van der Waals surface area contributed by atoms with Crippen LogP contribution in [0, 0.1) is 0 Å². The predicted molar refractivity (Wildman–Crippen MR) is 105 cm³/mol. The summed E-state index contributed by atoms with van der Waals surface area (Å²) in [5.74, 6) is 1.31. The first-order valence-corrected chi connectivity index (χ1v) is 8.96. The molecule has 6 nitrogen and oxygen atoms in total. The highest BCUT2D eigenvalue weighted by Crippen LogP contribution is 2.35. The van der Waals surface area contributed by atoms with Crippen LogP contribution in [0.5, 0.6) is 11.5 Å². The van der Waals surface area contributed by atoms with E-state index in [1.165, 1.54) is 10.5 Å². The number of anilines is 2. The van der Waals surface area contributed by atoms with Gasteiger partial charge in [0.05, 0.1) is 5.69 Å².